The molecule has 3 atom stereocenters. The van der Waals surface area contributed by atoms with Crippen molar-refractivity contribution < 1.29 is 28.9 Å². The molecule has 0 saturated carbocycles. The first-order valence-electron chi connectivity index (χ1n) is 16.1. The summed E-state index contributed by atoms with van der Waals surface area (Å²) in [6.07, 6.45) is 1.43. The summed E-state index contributed by atoms with van der Waals surface area (Å²) in [5.74, 6) is -1.50. The molecule has 4 amide bonds. The van der Waals surface area contributed by atoms with Crippen LogP contribution < -0.4 is 21.3 Å². The molecule has 4 heterocycles. The maximum absolute atomic E-state index is 13.8. The summed E-state index contributed by atoms with van der Waals surface area (Å²) >= 11 is 0. The highest BCUT2D eigenvalue weighted by Crippen LogP contribution is 2.39. The van der Waals surface area contributed by atoms with E-state index in [1.54, 1.807) is 24.3 Å². The van der Waals surface area contributed by atoms with Gasteiger partial charge in [0.05, 0.1) is 16.8 Å². The minimum atomic E-state index is -1.40. The third kappa shape index (κ3) is 6.13. The largest absolute Gasteiger partial charge is 0.624 e. The van der Waals surface area contributed by atoms with Crippen LogP contribution in [0.4, 0.5) is 11.4 Å². The molecule has 0 bridgehead atoms. The quantitative estimate of drug-likeness (QED) is 0.0835. The smallest absolute Gasteiger partial charge is 0.349 e. The Kier molecular flexibility index (Phi) is 8.96. The van der Waals surface area contributed by atoms with Crippen LogP contribution in [-0.4, -0.2) is 89.3 Å². The molecule has 1 fully saturated rings. The van der Waals surface area contributed by atoms with E-state index in [0.29, 0.717) is 39.3 Å². The van der Waals surface area contributed by atoms with Crippen molar-refractivity contribution in [3.05, 3.63) is 86.4 Å². The van der Waals surface area contributed by atoms with Gasteiger partial charge in [-0.15, -0.1) is 0 Å². The molecule has 3 aliphatic rings. The van der Waals surface area contributed by atoms with E-state index in [9.17, 15) is 29.5 Å². The van der Waals surface area contributed by atoms with Crippen LogP contribution in [-0.2, 0) is 22.6 Å². The van der Waals surface area contributed by atoms with Crippen LogP contribution in [0.1, 0.15) is 67.2 Å². The number of aliphatic hydroxyl groups is 1. The molecule has 6 rings (SSSR count). The van der Waals surface area contributed by atoms with Crippen LogP contribution in [0.3, 0.4) is 0 Å². The van der Waals surface area contributed by atoms with Crippen LogP contribution in [0.2, 0.25) is 0 Å². The zero-order valence-electron chi connectivity index (χ0n) is 27.5. The van der Waals surface area contributed by atoms with Gasteiger partial charge in [-0.1, -0.05) is 18.2 Å². The number of aromatic amines is 1. The highest BCUT2D eigenvalue weighted by molar-refractivity contribution is 6.35. The fourth-order valence-electron chi connectivity index (χ4n) is 6.87. The summed E-state index contributed by atoms with van der Waals surface area (Å²) in [4.78, 5) is 56.7. The van der Waals surface area contributed by atoms with Gasteiger partial charge in [-0.05, 0) is 69.8 Å². The Labute approximate surface area is 278 Å². The monoisotopic (exact) mass is 655 g/mol. The number of piperidine rings is 1. The second kappa shape index (κ2) is 13.0. The molecular weight excluding hydrogens is 614 g/mol. The van der Waals surface area contributed by atoms with Crippen LogP contribution in [0.5, 0.6) is 0 Å². The molecule has 1 saturated heterocycles. The van der Waals surface area contributed by atoms with Gasteiger partial charge in [-0.25, -0.2) is 4.79 Å². The number of hydrogen-bond donors (Lipinski definition) is 6. The minimum Gasteiger partial charge on any atom is -0.624 e. The number of likely N-dealkylation sites (N-methyl/N-ethyl adjacent to an activating group) is 1. The second-order valence-electron chi connectivity index (χ2n) is 13.0. The van der Waals surface area contributed by atoms with E-state index in [-0.39, 0.29) is 55.8 Å². The van der Waals surface area contributed by atoms with E-state index >= 15 is 0 Å². The molecule has 13 nitrogen and oxygen atoms in total. The van der Waals surface area contributed by atoms with E-state index in [1.165, 1.54) is 0 Å². The molecule has 0 spiro atoms. The first-order chi connectivity index (χ1) is 22.9. The number of hydrogen-bond acceptors (Lipinski definition) is 8. The number of H-pyrrole nitrogens is 1. The lowest BCUT2D eigenvalue weighted by Gasteiger charge is -2.46. The average Bonchev–Trinajstić information content (AvgIpc) is 3.60. The van der Waals surface area contributed by atoms with Crippen molar-refractivity contribution >= 4 is 46.7 Å². The molecule has 1 aromatic heterocycles. The zero-order valence-corrected chi connectivity index (χ0v) is 27.5. The number of hydroxylamine groups is 3. The summed E-state index contributed by atoms with van der Waals surface area (Å²) in [5, 5.41) is 35.5. The van der Waals surface area contributed by atoms with Crippen molar-refractivity contribution in [1.29, 1.82) is 0 Å². The molecule has 6 N–H and O–H groups in total. The molecule has 252 valence electrons. The number of aromatic nitrogens is 1. The number of anilines is 2. The summed E-state index contributed by atoms with van der Waals surface area (Å²) in [6.45, 7) is 4.92. The third-order valence-electron chi connectivity index (χ3n) is 9.42. The van der Waals surface area contributed by atoms with Gasteiger partial charge in [0.25, 0.3) is 11.8 Å². The molecule has 3 unspecified atom stereocenters. The molecule has 13 heteroatoms. The molecule has 3 aliphatic heterocycles. The van der Waals surface area contributed by atoms with Gasteiger partial charge in [0.1, 0.15) is 18.2 Å². The van der Waals surface area contributed by atoms with E-state index in [1.807, 2.05) is 46.1 Å². The summed E-state index contributed by atoms with van der Waals surface area (Å²) in [7, 11) is 4.04. The van der Waals surface area contributed by atoms with E-state index in [2.05, 4.69) is 31.2 Å². The standard InChI is InChI=1S/C35H41N7O6/c1-19-27(17-24-23-16-21(12-15-41(3)4)8-9-25(23)39-32(24)44)38-20(2)30(19)34(46)37-14-13-36-26-7-5-6-22-18-42(48,35(47)31(22)26)28-10-11-29(43)40-33(28)45/h5-9,16-17,28,33,36,38,45H,10-15,18H2,1-4H3,(H,37,46)(H,39,44)(H,40,43)/b24-17-. The fraction of sp³-hybridized carbons (Fsp3) is 0.371. The van der Waals surface area contributed by atoms with Crippen LogP contribution in [0.25, 0.3) is 11.6 Å². The second-order valence-corrected chi connectivity index (χ2v) is 13.0. The predicted octanol–water partition coefficient (Wildman–Crippen LogP) is 2.64. The first-order valence-corrected chi connectivity index (χ1v) is 16.1. The SMILES string of the molecule is Cc1[nH]c(/C=C2\C(=O)Nc3ccc(CCN(C)C)cc32)c(C)c1C(=O)NCCNc1cccc2c1C(=O)[N+]([O-])(C1CCC(=O)NC1O)C2. The highest BCUT2D eigenvalue weighted by Gasteiger charge is 2.50. The number of carbonyl (C=O) groups excluding carboxylic acids is 4. The highest BCUT2D eigenvalue weighted by atomic mass is 16.6. The van der Waals surface area contributed by atoms with Crippen molar-refractivity contribution in [3.63, 3.8) is 0 Å². The molecule has 2 aromatic carbocycles. The lowest BCUT2D eigenvalue weighted by Crippen LogP contribution is -2.62. The number of fused-ring (bicyclic) bond motifs is 2. The summed E-state index contributed by atoms with van der Waals surface area (Å²) in [5.41, 5.74) is 7.11. The normalized spacial score (nSPS) is 22.5. The van der Waals surface area contributed by atoms with Crippen molar-refractivity contribution in [2.24, 2.45) is 0 Å². The third-order valence-corrected chi connectivity index (χ3v) is 9.42. The van der Waals surface area contributed by atoms with Crippen LogP contribution in [0.15, 0.2) is 36.4 Å². The van der Waals surface area contributed by atoms with Crippen molar-refractivity contribution in [1.82, 2.24) is 20.5 Å². The Morgan fingerprint density at radius 2 is 1.94 bits per heavy atom. The number of nitrogens with zero attached hydrogens (tertiary/aromatic N) is 2. The Morgan fingerprint density at radius 3 is 2.69 bits per heavy atom. The van der Waals surface area contributed by atoms with Crippen molar-refractivity contribution in [2.45, 2.75) is 51.9 Å². The maximum Gasteiger partial charge on any atom is 0.349 e. The molecule has 0 aliphatic carbocycles. The first kappa shape index (κ1) is 33.1. The van der Waals surface area contributed by atoms with Gasteiger partial charge in [-0.3, -0.25) is 19.0 Å². The van der Waals surface area contributed by atoms with Gasteiger partial charge in [0.15, 0.2) is 6.23 Å². The average molecular weight is 656 g/mol. The van der Waals surface area contributed by atoms with Crippen molar-refractivity contribution in [2.75, 3.05) is 44.4 Å². The van der Waals surface area contributed by atoms with Gasteiger partial charge in [0.2, 0.25) is 5.91 Å². The minimum absolute atomic E-state index is 0.0683. The van der Waals surface area contributed by atoms with E-state index in [0.717, 1.165) is 29.8 Å². The van der Waals surface area contributed by atoms with Gasteiger partial charge >= 0.3 is 5.91 Å². The number of carbonyl (C=O) groups is 4. The lowest BCUT2D eigenvalue weighted by atomic mass is 10.0. The maximum atomic E-state index is 13.8. The zero-order chi connectivity index (χ0) is 34.3. The van der Waals surface area contributed by atoms with Gasteiger partial charge < -0.3 is 41.5 Å². The van der Waals surface area contributed by atoms with E-state index in [4.69, 9.17) is 0 Å². The number of amides is 4. The number of rotatable bonds is 10. The molecule has 0 radical (unpaired) electrons. The molecule has 48 heavy (non-hydrogen) atoms. The van der Waals surface area contributed by atoms with Crippen LogP contribution in [0, 0.1) is 19.1 Å². The Morgan fingerprint density at radius 1 is 1.15 bits per heavy atom. The number of aliphatic hydroxyl groups excluding tert-OH is 1. The number of quaternary nitrogens is 1. The summed E-state index contributed by atoms with van der Waals surface area (Å²) in [6, 6.07) is 10.2. The van der Waals surface area contributed by atoms with E-state index < -0.39 is 22.8 Å². The van der Waals surface area contributed by atoms with Gasteiger partial charge in [-0.2, -0.15) is 0 Å². The fourth-order valence-corrected chi connectivity index (χ4v) is 6.87. The predicted molar refractivity (Wildman–Crippen MR) is 182 cm³/mol. The topological polar surface area (TPSA) is 179 Å². The number of benzene rings is 2. The lowest BCUT2D eigenvalue weighted by molar-refractivity contribution is -0.840. The Hall–Kier alpha value is -4.82. The van der Waals surface area contributed by atoms with Crippen LogP contribution >= 0.6 is 0 Å². The number of aryl methyl sites for hydroxylation is 1. The Bertz CT molecular complexity index is 1850. The van der Waals surface area contributed by atoms with Gasteiger partial charge in [0, 0.05) is 60.7 Å². The molecular formula is C35H41N7O6. The van der Waals surface area contributed by atoms with Crippen molar-refractivity contribution in [3.8, 4) is 0 Å². The number of nitrogens with one attached hydrogen (secondary N) is 5. The Balaban J connectivity index is 1.11. The molecule has 3 aromatic rings. The summed E-state index contributed by atoms with van der Waals surface area (Å²) < 4.78 is -1.26.